The van der Waals surface area contributed by atoms with Crippen LogP contribution in [0.4, 0.5) is 0 Å². The Morgan fingerprint density at radius 3 is 2.56 bits per heavy atom. The Labute approximate surface area is 161 Å². The van der Waals surface area contributed by atoms with Crippen molar-refractivity contribution in [2.75, 3.05) is 12.4 Å². The van der Waals surface area contributed by atoms with E-state index in [1.165, 1.54) is 11.8 Å². The normalized spacial score (nSPS) is 10.6. The minimum atomic E-state index is -0.341. The zero-order valence-corrected chi connectivity index (χ0v) is 16.0. The van der Waals surface area contributed by atoms with Gasteiger partial charge in [0.2, 0.25) is 5.91 Å². The second kappa shape index (κ2) is 8.64. The van der Waals surface area contributed by atoms with Gasteiger partial charge in [-0.3, -0.25) is 20.4 Å². The molecule has 2 aromatic carbocycles. The van der Waals surface area contributed by atoms with Gasteiger partial charge in [-0.05, 0) is 37.3 Å². The molecular formula is C20H21N3O3S. The van der Waals surface area contributed by atoms with Crippen LogP contribution in [-0.4, -0.2) is 28.7 Å². The Balaban J connectivity index is 1.52. The number of amides is 2. The quantitative estimate of drug-likeness (QED) is 0.507. The van der Waals surface area contributed by atoms with Crippen molar-refractivity contribution in [2.24, 2.45) is 7.05 Å². The molecule has 0 unspecified atom stereocenters. The number of hydrazine groups is 1. The summed E-state index contributed by atoms with van der Waals surface area (Å²) >= 11 is 1.39. The number of nitrogens with one attached hydrogen (secondary N) is 2. The fraction of sp³-hybridized carbons (Fsp3) is 0.200. The molecule has 0 saturated carbocycles. The summed E-state index contributed by atoms with van der Waals surface area (Å²) in [5.41, 5.74) is 6.42. The number of carbonyl (C=O) groups excluding carboxylic acids is 2. The van der Waals surface area contributed by atoms with Gasteiger partial charge in [0.05, 0.1) is 17.9 Å². The number of nitrogens with zero attached hydrogens (tertiary/aromatic N) is 1. The van der Waals surface area contributed by atoms with E-state index in [9.17, 15) is 9.59 Å². The van der Waals surface area contributed by atoms with Gasteiger partial charge in [-0.1, -0.05) is 18.2 Å². The van der Waals surface area contributed by atoms with Crippen molar-refractivity contribution in [3.8, 4) is 5.75 Å². The molecule has 140 valence electrons. The lowest BCUT2D eigenvalue weighted by atomic mass is 10.2. The van der Waals surface area contributed by atoms with Crippen LogP contribution in [0, 0.1) is 0 Å². The fourth-order valence-corrected chi connectivity index (χ4v) is 3.40. The number of aryl methyl sites for hydroxylation is 1. The predicted molar refractivity (Wildman–Crippen MR) is 107 cm³/mol. The molecule has 0 aliphatic heterocycles. The average Bonchev–Trinajstić information content (AvgIpc) is 3.03. The van der Waals surface area contributed by atoms with Crippen molar-refractivity contribution in [3.63, 3.8) is 0 Å². The van der Waals surface area contributed by atoms with Gasteiger partial charge in [0.15, 0.2) is 0 Å². The third-order valence-corrected chi connectivity index (χ3v) is 4.97. The van der Waals surface area contributed by atoms with Crippen molar-refractivity contribution >= 4 is 34.5 Å². The van der Waals surface area contributed by atoms with Gasteiger partial charge in [-0.2, -0.15) is 0 Å². The third-order valence-electron chi connectivity index (χ3n) is 3.96. The molecule has 3 aromatic rings. The highest BCUT2D eigenvalue weighted by Gasteiger charge is 2.14. The Morgan fingerprint density at radius 2 is 1.81 bits per heavy atom. The van der Waals surface area contributed by atoms with Gasteiger partial charge in [-0.15, -0.1) is 11.8 Å². The molecule has 0 aliphatic rings. The highest BCUT2D eigenvalue weighted by molar-refractivity contribution is 8.00. The largest absolute Gasteiger partial charge is 0.494 e. The number of hydrogen-bond donors (Lipinski definition) is 2. The summed E-state index contributed by atoms with van der Waals surface area (Å²) < 4.78 is 7.27. The first kappa shape index (κ1) is 18.8. The molecule has 0 fully saturated rings. The van der Waals surface area contributed by atoms with Gasteiger partial charge in [-0.25, -0.2) is 0 Å². The summed E-state index contributed by atoms with van der Waals surface area (Å²) in [5, 5.41) is 0.843. The van der Waals surface area contributed by atoms with E-state index in [1.54, 1.807) is 6.20 Å². The van der Waals surface area contributed by atoms with E-state index in [0.29, 0.717) is 12.2 Å². The molecule has 0 radical (unpaired) electrons. The summed E-state index contributed by atoms with van der Waals surface area (Å²) in [4.78, 5) is 25.4. The number of fused-ring (bicyclic) bond motifs is 1. The van der Waals surface area contributed by atoms with Crippen LogP contribution in [0.25, 0.3) is 10.9 Å². The Bertz CT molecular complexity index is 951. The second-order valence-electron chi connectivity index (χ2n) is 5.87. The minimum absolute atomic E-state index is 0.198. The van der Waals surface area contributed by atoms with Gasteiger partial charge in [0.25, 0.3) is 5.91 Å². The summed E-state index contributed by atoms with van der Waals surface area (Å²) in [7, 11) is 1.88. The molecule has 1 heterocycles. The lowest BCUT2D eigenvalue weighted by Gasteiger charge is -2.07. The molecule has 7 heteroatoms. The number of ether oxygens (including phenoxy) is 1. The molecule has 27 heavy (non-hydrogen) atoms. The van der Waals surface area contributed by atoms with Crippen LogP contribution < -0.4 is 15.6 Å². The molecule has 0 bridgehead atoms. The van der Waals surface area contributed by atoms with E-state index in [2.05, 4.69) is 10.9 Å². The van der Waals surface area contributed by atoms with Crippen LogP contribution in [0.5, 0.6) is 5.75 Å². The number of rotatable bonds is 6. The topological polar surface area (TPSA) is 72.4 Å². The van der Waals surface area contributed by atoms with Crippen LogP contribution >= 0.6 is 11.8 Å². The Hall–Kier alpha value is -2.93. The third kappa shape index (κ3) is 4.62. The number of benzene rings is 2. The van der Waals surface area contributed by atoms with Crippen LogP contribution in [-0.2, 0) is 11.8 Å². The summed E-state index contributed by atoms with van der Waals surface area (Å²) in [5.74, 6) is 0.381. The average molecular weight is 383 g/mol. The summed E-state index contributed by atoms with van der Waals surface area (Å²) in [6.45, 7) is 2.55. The van der Waals surface area contributed by atoms with Crippen molar-refractivity contribution < 1.29 is 14.3 Å². The van der Waals surface area contributed by atoms with Crippen LogP contribution in [0.3, 0.4) is 0 Å². The predicted octanol–water partition coefficient (Wildman–Crippen LogP) is 3.13. The molecule has 3 rings (SSSR count). The molecule has 0 spiro atoms. The van der Waals surface area contributed by atoms with Gasteiger partial charge < -0.3 is 9.30 Å². The molecule has 1 aromatic heterocycles. The van der Waals surface area contributed by atoms with Crippen molar-refractivity contribution in [2.45, 2.75) is 11.8 Å². The fourth-order valence-electron chi connectivity index (χ4n) is 2.70. The van der Waals surface area contributed by atoms with Gasteiger partial charge >= 0.3 is 0 Å². The maximum atomic E-state index is 12.4. The summed E-state index contributed by atoms with van der Waals surface area (Å²) in [6, 6.07) is 15.2. The maximum Gasteiger partial charge on any atom is 0.271 e. The molecule has 0 atom stereocenters. The molecule has 2 N–H and O–H groups in total. The van der Waals surface area contributed by atoms with Crippen LogP contribution in [0.1, 0.15) is 17.3 Å². The first-order chi connectivity index (χ1) is 13.1. The number of para-hydroxylation sites is 1. The lowest BCUT2D eigenvalue weighted by molar-refractivity contribution is -0.119. The smallest absolute Gasteiger partial charge is 0.271 e. The zero-order chi connectivity index (χ0) is 19.2. The second-order valence-corrected chi connectivity index (χ2v) is 6.91. The lowest BCUT2D eigenvalue weighted by Crippen LogP contribution is -2.42. The number of hydrogen-bond acceptors (Lipinski definition) is 4. The van der Waals surface area contributed by atoms with E-state index >= 15 is 0 Å². The maximum absolute atomic E-state index is 12.4. The Kier molecular flexibility index (Phi) is 6.03. The number of carbonyl (C=O) groups is 2. The van der Waals surface area contributed by atoms with Crippen LogP contribution in [0.15, 0.2) is 59.6 Å². The molecule has 2 amide bonds. The van der Waals surface area contributed by atoms with E-state index in [1.807, 2.05) is 67.1 Å². The van der Waals surface area contributed by atoms with E-state index < -0.39 is 0 Å². The minimum Gasteiger partial charge on any atom is -0.494 e. The van der Waals surface area contributed by atoms with Crippen molar-refractivity contribution in [1.29, 1.82) is 0 Å². The Morgan fingerprint density at radius 1 is 1.07 bits per heavy atom. The van der Waals surface area contributed by atoms with E-state index in [0.717, 1.165) is 21.5 Å². The van der Waals surface area contributed by atoms with Crippen molar-refractivity contribution in [3.05, 3.63) is 60.3 Å². The van der Waals surface area contributed by atoms with Gasteiger partial charge in [0.1, 0.15) is 5.75 Å². The number of aromatic nitrogens is 1. The molecule has 0 saturated heterocycles. The molecule has 0 aliphatic carbocycles. The molecular weight excluding hydrogens is 362 g/mol. The monoisotopic (exact) mass is 383 g/mol. The molecule has 6 nitrogen and oxygen atoms in total. The van der Waals surface area contributed by atoms with Gasteiger partial charge in [0, 0.05) is 29.0 Å². The highest BCUT2D eigenvalue weighted by atomic mass is 32.2. The van der Waals surface area contributed by atoms with Crippen molar-refractivity contribution in [1.82, 2.24) is 15.4 Å². The first-order valence-electron chi connectivity index (χ1n) is 8.57. The standard InChI is InChI=1S/C20H21N3O3S/c1-3-26-14-8-10-15(11-9-14)27-13-19(24)21-22-20(25)17-12-23(2)18-7-5-4-6-16(17)18/h4-12H,3,13H2,1-2H3,(H,21,24)(H,22,25). The highest BCUT2D eigenvalue weighted by Crippen LogP contribution is 2.21. The van der Waals surface area contributed by atoms with E-state index in [-0.39, 0.29) is 17.6 Å². The summed E-state index contributed by atoms with van der Waals surface area (Å²) in [6.07, 6.45) is 1.75. The van der Waals surface area contributed by atoms with E-state index in [4.69, 9.17) is 4.74 Å². The number of thioether (sulfide) groups is 1. The zero-order valence-electron chi connectivity index (χ0n) is 15.2. The SMILES string of the molecule is CCOc1ccc(SCC(=O)NNC(=O)c2cn(C)c3ccccc23)cc1. The van der Waals surface area contributed by atoms with Crippen LogP contribution in [0.2, 0.25) is 0 Å². The first-order valence-corrected chi connectivity index (χ1v) is 9.56.